The van der Waals surface area contributed by atoms with E-state index in [0.717, 1.165) is 17.0 Å². The SMILES string of the molecule is CC=c1[nH]ncc1=CC=C(C)CC. The molecule has 2 heteroatoms. The van der Waals surface area contributed by atoms with Crippen LogP contribution in [0.25, 0.3) is 12.2 Å². The van der Waals surface area contributed by atoms with E-state index in [-0.39, 0.29) is 0 Å². The van der Waals surface area contributed by atoms with Crippen LogP contribution < -0.4 is 10.6 Å². The highest BCUT2D eigenvalue weighted by atomic mass is 15.1. The van der Waals surface area contributed by atoms with Gasteiger partial charge in [0.1, 0.15) is 0 Å². The van der Waals surface area contributed by atoms with E-state index in [0.29, 0.717) is 0 Å². The minimum Gasteiger partial charge on any atom is -0.278 e. The molecule has 0 aliphatic rings. The summed E-state index contributed by atoms with van der Waals surface area (Å²) in [5.41, 5.74) is 1.38. The minimum atomic E-state index is 1.08. The fraction of sp³-hybridized carbons (Fsp3) is 0.364. The molecule has 2 nitrogen and oxygen atoms in total. The topological polar surface area (TPSA) is 28.7 Å². The summed E-state index contributed by atoms with van der Waals surface area (Å²) in [5, 5.41) is 9.14. The lowest BCUT2D eigenvalue weighted by atomic mass is 10.2. The summed E-state index contributed by atoms with van der Waals surface area (Å²) in [6, 6.07) is 0. The van der Waals surface area contributed by atoms with Crippen molar-refractivity contribution in [1.29, 1.82) is 0 Å². The van der Waals surface area contributed by atoms with E-state index in [1.807, 2.05) is 19.2 Å². The summed E-state index contributed by atoms with van der Waals surface area (Å²) in [4.78, 5) is 0. The second kappa shape index (κ2) is 4.65. The number of H-pyrrole nitrogens is 1. The standard InChI is InChI=1S/C11H16N2/c1-4-9(3)6-7-10-8-12-13-11(10)5-2/h5-8,13H,4H2,1-3H3. The molecule has 1 aromatic heterocycles. The average molecular weight is 176 g/mol. The monoisotopic (exact) mass is 176 g/mol. The van der Waals surface area contributed by atoms with Crippen molar-refractivity contribution >= 4 is 12.2 Å². The molecule has 0 saturated heterocycles. The first kappa shape index (κ1) is 9.78. The van der Waals surface area contributed by atoms with Crippen LogP contribution in [0.3, 0.4) is 0 Å². The molecule has 0 saturated carbocycles. The van der Waals surface area contributed by atoms with Crippen LogP contribution in [0, 0.1) is 0 Å². The second-order valence-electron chi connectivity index (χ2n) is 3.06. The number of nitrogens with one attached hydrogen (secondary N) is 1. The lowest BCUT2D eigenvalue weighted by molar-refractivity contribution is 1.06. The summed E-state index contributed by atoms with van der Waals surface area (Å²) < 4.78 is 0. The highest BCUT2D eigenvalue weighted by Gasteiger charge is 1.84. The molecule has 1 N–H and O–H groups in total. The second-order valence-corrected chi connectivity index (χ2v) is 3.06. The lowest BCUT2D eigenvalue weighted by Gasteiger charge is -1.87. The first-order valence-electron chi connectivity index (χ1n) is 4.61. The predicted octanol–water partition coefficient (Wildman–Crippen LogP) is 1.35. The summed E-state index contributed by atoms with van der Waals surface area (Å²) in [5.74, 6) is 0. The summed E-state index contributed by atoms with van der Waals surface area (Å²) >= 11 is 0. The zero-order chi connectivity index (χ0) is 9.68. The summed E-state index contributed by atoms with van der Waals surface area (Å²) in [7, 11) is 0. The van der Waals surface area contributed by atoms with Gasteiger partial charge < -0.3 is 0 Å². The highest BCUT2D eigenvalue weighted by molar-refractivity contribution is 5.39. The Hall–Kier alpha value is -1.31. The maximum absolute atomic E-state index is 3.98. The zero-order valence-corrected chi connectivity index (χ0v) is 8.46. The van der Waals surface area contributed by atoms with Gasteiger partial charge in [-0.05, 0) is 20.3 Å². The number of nitrogens with zero attached hydrogens (tertiary/aromatic N) is 1. The molecule has 0 radical (unpaired) electrons. The van der Waals surface area contributed by atoms with Gasteiger partial charge in [-0.15, -0.1) is 0 Å². The van der Waals surface area contributed by atoms with Crippen molar-refractivity contribution in [2.75, 3.05) is 0 Å². The van der Waals surface area contributed by atoms with Crippen molar-refractivity contribution in [1.82, 2.24) is 10.2 Å². The number of hydrogen-bond donors (Lipinski definition) is 1. The van der Waals surface area contributed by atoms with Crippen molar-refractivity contribution in [2.45, 2.75) is 27.2 Å². The lowest BCUT2D eigenvalue weighted by Crippen LogP contribution is -2.21. The predicted molar refractivity (Wildman–Crippen MR) is 56.5 cm³/mol. The number of aromatic amines is 1. The van der Waals surface area contributed by atoms with Gasteiger partial charge in [0.25, 0.3) is 0 Å². The van der Waals surface area contributed by atoms with Crippen LogP contribution >= 0.6 is 0 Å². The molecule has 1 rings (SSSR count). The Bertz CT molecular complexity index is 396. The van der Waals surface area contributed by atoms with Gasteiger partial charge in [0, 0.05) is 5.22 Å². The molecule has 70 valence electrons. The van der Waals surface area contributed by atoms with E-state index in [4.69, 9.17) is 0 Å². The maximum Gasteiger partial charge on any atom is 0.0607 e. The Morgan fingerprint density at radius 2 is 2.38 bits per heavy atom. The van der Waals surface area contributed by atoms with E-state index in [1.165, 1.54) is 5.57 Å². The number of hydrogen-bond acceptors (Lipinski definition) is 1. The molecular formula is C11H16N2. The first-order chi connectivity index (χ1) is 6.27. The number of rotatable bonds is 2. The Kier molecular flexibility index (Phi) is 3.50. The van der Waals surface area contributed by atoms with Gasteiger partial charge in [-0.25, -0.2) is 0 Å². The van der Waals surface area contributed by atoms with Crippen LogP contribution in [0.15, 0.2) is 17.8 Å². The molecule has 0 fully saturated rings. The summed E-state index contributed by atoms with van der Waals surface area (Å²) in [6.07, 6.45) is 9.19. The van der Waals surface area contributed by atoms with Crippen molar-refractivity contribution in [2.24, 2.45) is 0 Å². The van der Waals surface area contributed by atoms with Crippen LogP contribution in [0.5, 0.6) is 0 Å². The largest absolute Gasteiger partial charge is 0.278 e. The van der Waals surface area contributed by atoms with Gasteiger partial charge in [-0.2, -0.15) is 5.10 Å². The van der Waals surface area contributed by atoms with E-state index in [9.17, 15) is 0 Å². The van der Waals surface area contributed by atoms with E-state index >= 15 is 0 Å². The molecule has 0 bridgehead atoms. The molecule has 0 atom stereocenters. The Morgan fingerprint density at radius 3 is 3.00 bits per heavy atom. The van der Waals surface area contributed by atoms with Crippen LogP contribution in [0.4, 0.5) is 0 Å². The fourth-order valence-electron chi connectivity index (χ4n) is 1.02. The van der Waals surface area contributed by atoms with Gasteiger partial charge in [0.15, 0.2) is 0 Å². The van der Waals surface area contributed by atoms with Crippen molar-refractivity contribution in [3.8, 4) is 0 Å². The average Bonchev–Trinajstić information content (AvgIpc) is 2.61. The van der Waals surface area contributed by atoms with Crippen LogP contribution in [0.2, 0.25) is 0 Å². The van der Waals surface area contributed by atoms with Crippen LogP contribution in [-0.2, 0) is 0 Å². The Balaban J connectivity index is 3.08. The summed E-state index contributed by atoms with van der Waals surface area (Å²) in [6.45, 7) is 6.29. The quantitative estimate of drug-likeness (QED) is 0.724. The third-order valence-corrected chi connectivity index (χ3v) is 2.09. The third-order valence-electron chi connectivity index (χ3n) is 2.09. The van der Waals surface area contributed by atoms with Crippen LogP contribution in [-0.4, -0.2) is 10.2 Å². The number of aromatic nitrogens is 2. The smallest absolute Gasteiger partial charge is 0.0607 e. The Morgan fingerprint density at radius 1 is 1.62 bits per heavy atom. The number of allylic oxidation sites excluding steroid dienone is 2. The van der Waals surface area contributed by atoms with Gasteiger partial charge in [-0.1, -0.05) is 30.7 Å². The molecule has 0 aliphatic carbocycles. The van der Waals surface area contributed by atoms with Gasteiger partial charge in [-0.3, -0.25) is 5.10 Å². The molecular weight excluding hydrogens is 160 g/mol. The fourth-order valence-corrected chi connectivity index (χ4v) is 1.02. The Labute approximate surface area is 78.7 Å². The molecule has 0 unspecified atom stereocenters. The molecule has 13 heavy (non-hydrogen) atoms. The highest BCUT2D eigenvalue weighted by Crippen LogP contribution is 1.96. The molecule has 1 heterocycles. The van der Waals surface area contributed by atoms with Gasteiger partial charge >= 0.3 is 0 Å². The van der Waals surface area contributed by atoms with Crippen molar-refractivity contribution in [3.05, 3.63) is 28.4 Å². The van der Waals surface area contributed by atoms with E-state index in [1.54, 1.807) is 0 Å². The van der Waals surface area contributed by atoms with Crippen LogP contribution in [0.1, 0.15) is 27.2 Å². The minimum absolute atomic E-state index is 1.08. The van der Waals surface area contributed by atoms with Gasteiger partial charge in [0.05, 0.1) is 11.5 Å². The molecule has 0 amide bonds. The van der Waals surface area contributed by atoms with E-state index < -0.39 is 0 Å². The normalized spacial score (nSPS) is 15.5. The molecule has 0 aromatic carbocycles. The third kappa shape index (κ3) is 2.58. The zero-order valence-electron chi connectivity index (χ0n) is 8.46. The first-order valence-corrected chi connectivity index (χ1v) is 4.61. The maximum atomic E-state index is 3.98. The van der Waals surface area contributed by atoms with Gasteiger partial charge in [0.2, 0.25) is 0 Å². The molecule has 0 aliphatic heterocycles. The van der Waals surface area contributed by atoms with E-state index in [2.05, 4.69) is 36.2 Å². The molecule has 1 aromatic rings. The van der Waals surface area contributed by atoms with Crippen molar-refractivity contribution in [3.63, 3.8) is 0 Å². The molecule has 0 spiro atoms. The van der Waals surface area contributed by atoms with Crippen molar-refractivity contribution < 1.29 is 0 Å².